The van der Waals surface area contributed by atoms with Crippen molar-refractivity contribution < 1.29 is 23.8 Å². The molecule has 0 fully saturated rings. The van der Waals surface area contributed by atoms with E-state index >= 15 is 0 Å². The number of carbonyl (C=O) groups excluding carboxylic acids is 2. The highest BCUT2D eigenvalue weighted by Crippen LogP contribution is 2.20. The summed E-state index contributed by atoms with van der Waals surface area (Å²) in [4.78, 5) is 23.4. The van der Waals surface area contributed by atoms with E-state index in [9.17, 15) is 9.59 Å². The minimum Gasteiger partial charge on any atom is -0.494 e. The van der Waals surface area contributed by atoms with Crippen LogP contribution in [0.15, 0.2) is 18.2 Å². The molecule has 116 valence electrons. The van der Waals surface area contributed by atoms with Gasteiger partial charge in [0.25, 0.3) is 0 Å². The summed E-state index contributed by atoms with van der Waals surface area (Å²) in [6.45, 7) is 6.56. The van der Waals surface area contributed by atoms with Gasteiger partial charge in [-0.3, -0.25) is 4.79 Å². The van der Waals surface area contributed by atoms with Crippen LogP contribution in [0.2, 0.25) is 0 Å². The van der Waals surface area contributed by atoms with Crippen LogP contribution in [-0.2, 0) is 20.7 Å². The second-order valence-electron chi connectivity index (χ2n) is 4.28. The lowest BCUT2D eigenvalue weighted by molar-refractivity contribution is -0.143. The molecule has 1 rings (SSSR count). The van der Waals surface area contributed by atoms with Gasteiger partial charge < -0.3 is 14.2 Å². The fourth-order valence-corrected chi connectivity index (χ4v) is 1.90. The third-order valence-corrected chi connectivity index (χ3v) is 2.79. The van der Waals surface area contributed by atoms with Crippen LogP contribution in [-0.4, -0.2) is 31.8 Å². The first-order chi connectivity index (χ1) is 10.1. The van der Waals surface area contributed by atoms with Gasteiger partial charge in [0.05, 0.1) is 25.4 Å². The van der Waals surface area contributed by atoms with E-state index in [1.165, 1.54) is 0 Å². The highest BCUT2D eigenvalue weighted by Gasteiger charge is 2.15. The van der Waals surface area contributed by atoms with E-state index in [-0.39, 0.29) is 12.4 Å². The van der Waals surface area contributed by atoms with Crippen LogP contribution in [0.3, 0.4) is 0 Å². The fourth-order valence-electron chi connectivity index (χ4n) is 1.90. The highest BCUT2D eigenvalue weighted by molar-refractivity contribution is 5.91. The second-order valence-corrected chi connectivity index (χ2v) is 4.28. The molecule has 0 saturated heterocycles. The minimum absolute atomic E-state index is 0.230. The minimum atomic E-state index is -0.405. The Morgan fingerprint density at radius 3 is 2.33 bits per heavy atom. The first-order valence-electron chi connectivity index (χ1n) is 7.20. The third-order valence-electron chi connectivity index (χ3n) is 2.79. The van der Waals surface area contributed by atoms with Crippen LogP contribution >= 0.6 is 0 Å². The van der Waals surface area contributed by atoms with E-state index in [2.05, 4.69) is 0 Å². The van der Waals surface area contributed by atoms with Crippen LogP contribution in [0.4, 0.5) is 0 Å². The number of hydrogen-bond donors (Lipinski definition) is 0. The number of benzene rings is 1. The van der Waals surface area contributed by atoms with E-state index in [1.807, 2.05) is 6.92 Å². The summed E-state index contributed by atoms with van der Waals surface area (Å²) in [5.41, 5.74) is 1.19. The van der Waals surface area contributed by atoms with Gasteiger partial charge in [-0.1, -0.05) is 6.07 Å². The molecule has 0 unspecified atom stereocenters. The van der Waals surface area contributed by atoms with Crippen molar-refractivity contribution in [2.24, 2.45) is 0 Å². The molecule has 0 aliphatic heterocycles. The Bertz CT molecular complexity index is 482. The summed E-state index contributed by atoms with van der Waals surface area (Å²) in [5.74, 6) is -0.0699. The van der Waals surface area contributed by atoms with Crippen molar-refractivity contribution in [2.75, 3.05) is 19.8 Å². The van der Waals surface area contributed by atoms with Gasteiger partial charge >= 0.3 is 11.9 Å². The largest absolute Gasteiger partial charge is 0.494 e. The highest BCUT2D eigenvalue weighted by atomic mass is 16.5. The zero-order valence-corrected chi connectivity index (χ0v) is 12.8. The summed E-state index contributed by atoms with van der Waals surface area (Å²) in [5, 5.41) is 0. The number of ether oxygens (including phenoxy) is 3. The number of hydrogen-bond acceptors (Lipinski definition) is 5. The predicted octanol–water partition coefficient (Wildman–Crippen LogP) is 2.76. The average Bonchev–Trinajstić information content (AvgIpc) is 2.46. The Morgan fingerprint density at radius 1 is 1.00 bits per heavy atom. The molecule has 1 aromatic rings. The molecule has 0 spiro atoms. The number of esters is 2. The molecule has 0 aliphatic carbocycles. The lowest BCUT2D eigenvalue weighted by Crippen LogP contribution is -2.11. The van der Waals surface area contributed by atoms with E-state index in [1.54, 1.807) is 32.0 Å². The first kappa shape index (κ1) is 17.0. The van der Waals surface area contributed by atoms with E-state index < -0.39 is 5.97 Å². The van der Waals surface area contributed by atoms with Crippen molar-refractivity contribution in [1.82, 2.24) is 0 Å². The lowest BCUT2D eigenvalue weighted by Gasteiger charge is -2.11. The molecular weight excluding hydrogens is 272 g/mol. The topological polar surface area (TPSA) is 61.8 Å². The van der Waals surface area contributed by atoms with Crippen LogP contribution in [0.5, 0.6) is 5.75 Å². The number of aryl methyl sites for hydroxylation is 1. The summed E-state index contributed by atoms with van der Waals surface area (Å²) in [7, 11) is 0. The van der Waals surface area contributed by atoms with Gasteiger partial charge in [-0.15, -0.1) is 0 Å². The van der Waals surface area contributed by atoms with Crippen molar-refractivity contribution >= 4 is 11.9 Å². The van der Waals surface area contributed by atoms with Crippen LogP contribution in [0, 0.1) is 0 Å². The molecule has 0 bridgehead atoms. The molecule has 0 heterocycles. The molecule has 0 saturated carbocycles. The Hall–Kier alpha value is -2.04. The summed E-state index contributed by atoms with van der Waals surface area (Å²) in [6.07, 6.45) is 0.660. The molecule has 0 aromatic heterocycles. The van der Waals surface area contributed by atoms with Crippen molar-refractivity contribution in [1.29, 1.82) is 0 Å². The maximum Gasteiger partial charge on any atom is 0.338 e. The van der Waals surface area contributed by atoms with Crippen molar-refractivity contribution in [2.45, 2.75) is 33.6 Å². The second kappa shape index (κ2) is 9.00. The van der Waals surface area contributed by atoms with E-state index in [0.29, 0.717) is 37.6 Å². The van der Waals surface area contributed by atoms with Gasteiger partial charge in [0, 0.05) is 6.42 Å². The van der Waals surface area contributed by atoms with Gasteiger partial charge in [0.2, 0.25) is 0 Å². The predicted molar refractivity (Wildman–Crippen MR) is 78.5 cm³/mol. The lowest BCUT2D eigenvalue weighted by atomic mass is 10.0. The Kier molecular flexibility index (Phi) is 7.29. The molecule has 0 amide bonds. The summed E-state index contributed by atoms with van der Waals surface area (Å²) >= 11 is 0. The molecule has 0 radical (unpaired) electrons. The molecule has 21 heavy (non-hydrogen) atoms. The maximum absolute atomic E-state index is 12.0. The van der Waals surface area contributed by atoms with Gasteiger partial charge in [0.1, 0.15) is 5.75 Å². The summed E-state index contributed by atoms with van der Waals surface area (Å²) < 4.78 is 15.3. The molecule has 5 heteroatoms. The van der Waals surface area contributed by atoms with Crippen LogP contribution in [0.25, 0.3) is 0 Å². The molecule has 1 aromatic carbocycles. The monoisotopic (exact) mass is 294 g/mol. The van der Waals surface area contributed by atoms with Crippen LogP contribution in [0.1, 0.15) is 43.1 Å². The van der Waals surface area contributed by atoms with Gasteiger partial charge in [-0.2, -0.15) is 0 Å². The third kappa shape index (κ3) is 5.45. The SMILES string of the molecule is CCOC(=O)CCc1ccc(OCC)cc1C(=O)OCC. The normalized spacial score (nSPS) is 10.0. The summed E-state index contributed by atoms with van der Waals surface area (Å²) in [6, 6.07) is 5.23. The molecule has 5 nitrogen and oxygen atoms in total. The van der Waals surface area contributed by atoms with Crippen molar-refractivity contribution in [3.8, 4) is 5.75 Å². The standard InChI is InChI=1S/C16H22O5/c1-4-19-13-9-7-12(8-10-15(17)20-5-2)14(11-13)16(18)21-6-3/h7,9,11H,4-6,8,10H2,1-3H3. The Balaban J connectivity index is 2.89. The fraction of sp³-hybridized carbons (Fsp3) is 0.500. The maximum atomic E-state index is 12.0. The zero-order chi connectivity index (χ0) is 15.7. The van der Waals surface area contributed by atoms with Crippen molar-refractivity contribution in [3.05, 3.63) is 29.3 Å². The average molecular weight is 294 g/mol. The number of carbonyl (C=O) groups is 2. The van der Waals surface area contributed by atoms with E-state index in [0.717, 1.165) is 5.56 Å². The zero-order valence-electron chi connectivity index (χ0n) is 12.8. The van der Waals surface area contributed by atoms with Crippen molar-refractivity contribution in [3.63, 3.8) is 0 Å². The van der Waals surface area contributed by atoms with Gasteiger partial charge in [-0.05, 0) is 44.9 Å². The van der Waals surface area contributed by atoms with Gasteiger partial charge in [-0.25, -0.2) is 4.79 Å². The molecule has 0 atom stereocenters. The van der Waals surface area contributed by atoms with Gasteiger partial charge in [0.15, 0.2) is 0 Å². The van der Waals surface area contributed by atoms with Crippen LogP contribution < -0.4 is 4.74 Å². The quantitative estimate of drug-likeness (QED) is 0.690. The Labute approximate surface area is 125 Å². The molecule has 0 aliphatic rings. The number of rotatable bonds is 8. The Morgan fingerprint density at radius 2 is 1.71 bits per heavy atom. The first-order valence-corrected chi connectivity index (χ1v) is 7.20. The smallest absolute Gasteiger partial charge is 0.338 e. The molecule has 0 N–H and O–H groups in total. The molecular formula is C16H22O5. The van der Waals surface area contributed by atoms with E-state index in [4.69, 9.17) is 14.2 Å².